The Morgan fingerprint density at radius 2 is 2.09 bits per heavy atom. The highest BCUT2D eigenvalue weighted by molar-refractivity contribution is 7.99. The molecule has 22 heavy (non-hydrogen) atoms. The number of hydrogen-bond donors (Lipinski definition) is 2. The summed E-state index contributed by atoms with van der Waals surface area (Å²) in [6, 6.07) is 7.65. The second kappa shape index (κ2) is 8.29. The first kappa shape index (κ1) is 17.0. The highest BCUT2D eigenvalue weighted by Crippen LogP contribution is 2.19. The van der Waals surface area contributed by atoms with Gasteiger partial charge in [0.1, 0.15) is 0 Å². The van der Waals surface area contributed by atoms with E-state index in [1.807, 2.05) is 24.3 Å². The summed E-state index contributed by atoms with van der Waals surface area (Å²) in [6.07, 6.45) is 0.812. The van der Waals surface area contributed by atoms with Gasteiger partial charge in [-0.2, -0.15) is 0 Å². The molecule has 1 atom stereocenters. The van der Waals surface area contributed by atoms with Gasteiger partial charge in [0.15, 0.2) is 0 Å². The van der Waals surface area contributed by atoms with Gasteiger partial charge in [0.2, 0.25) is 5.91 Å². The molecular formula is C15H20ClN3O2S. The Kier molecular flexibility index (Phi) is 6.39. The molecule has 0 radical (unpaired) electrons. The van der Waals surface area contributed by atoms with Crippen LogP contribution in [0.5, 0.6) is 0 Å². The first-order valence-electron chi connectivity index (χ1n) is 7.23. The van der Waals surface area contributed by atoms with Crippen LogP contribution >= 0.6 is 23.4 Å². The predicted molar refractivity (Wildman–Crippen MR) is 89.4 cm³/mol. The van der Waals surface area contributed by atoms with Gasteiger partial charge in [0.25, 0.3) is 0 Å². The van der Waals surface area contributed by atoms with Crippen molar-refractivity contribution >= 4 is 35.3 Å². The van der Waals surface area contributed by atoms with E-state index < -0.39 is 0 Å². The van der Waals surface area contributed by atoms with Gasteiger partial charge in [-0.25, -0.2) is 4.79 Å². The quantitative estimate of drug-likeness (QED) is 0.638. The van der Waals surface area contributed by atoms with Gasteiger partial charge in [-0.3, -0.25) is 4.79 Å². The van der Waals surface area contributed by atoms with Crippen molar-refractivity contribution in [3.05, 3.63) is 29.3 Å². The second-order valence-corrected chi connectivity index (χ2v) is 6.77. The predicted octanol–water partition coefficient (Wildman–Crippen LogP) is 2.35. The van der Waals surface area contributed by atoms with Crippen LogP contribution in [0.15, 0.2) is 29.2 Å². The van der Waals surface area contributed by atoms with Gasteiger partial charge in [-0.15, -0.1) is 11.8 Å². The number of rotatable bonds is 5. The fraction of sp³-hybridized carbons (Fsp3) is 0.467. The molecule has 0 spiro atoms. The van der Waals surface area contributed by atoms with Gasteiger partial charge < -0.3 is 15.5 Å². The van der Waals surface area contributed by atoms with Gasteiger partial charge in [-0.05, 0) is 30.7 Å². The van der Waals surface area contributed by atoms with Crippen LogP contribution in [0.25, 0.3) is 0 Å². The van der Waals surface area contributed by atoms with E-state index in [2.05, 4.69) is 10.6 Å². The highest BCUT2D eigenvalue weighted by Gasteiger charge is 2.26. The van der Waals surface area contributed by atoms with E-state index in [0.29, 0.717) is 19.6 Å². The lowest BCUT2D eigenvalue weighted by atomic mass is 10.3. The zero-order chi connectivity index (χ0) is 15.9. The minimum atomic E-state index is -0.0652. The van der Waals surface area contributed by atoms with Gasteiger partial charge in [0, 0.05) is 48.3 Å². The molecule has 1 aliphatic heterocycles. The number of halogens is 1. The molecule has 1 fully saturated rings. The zero-order valence-corrected chi connectivity index (χ0v) is 14.0. The highest BCUT2D eigenvalue weighted by atomic mass is 35.5. The summed E-state index contributed by atoms with van der Waals surface area (Å²) in [4.78, 5) is 25.9. The Morgan fingerprint density at radius 1 is 1.36 bits per heavy atom. The van der Waals surface area contributed by atoms with Gasteiger partial charge in [-0.1, -0.05) is 11.6 Å². The summed E-state index contributed by atoms with van der Waals surface area (Å²) in [5.41, 5.74) is 0. The summed E-state index contributed by atoms with van der Waals surface area (Å²) >= 11 is 7.51. The van der Waals surface area contributed by atoms with Crippen LogP contribution in [0, 0.1) is 0 Å². The number of carbonyl (C=O) groups excluding carboxylic acids is 2. The standard InChI is InChI=1S/C15H20ClN3O2S/c1-11(20)18-13-6-8-19(10-13)15(21)17-7-9-22-14-4-2-12(16)3-5-14/h2-5,13H,6-10H2,1H3,(H,17,21)(H,18,20)/t13-/m0/s1. The molecule has 7 heteroatoms. The molecule has 0 bridgehead atoms. The van der Waals surface area contributed by atoms with E-state index in [4.69, 9.17) is 11.6 Å². The number of hydrogen-bond acceptors (Lipinski definition) is 3. The summed E-state index contributed by atoms with van der Waals surface area (Å²) in [7, 11) is 0. The Balaban J connectivity index is 1.64. The largest absolute Gasteiger partial charge is 0.352 e. The van der Waals surface area contributed by atoms with Crippen molar-refractivity contribution in [2.45, 2.75) is 24.3 Å². The van der Waals surface area contributed by atoms with Crippen LogP contribution in [0.2, 0.25) is 5.02 Å². The molecule has 1 aromatic carbocycles. The maximum Gasteiger partial charge on any atom is 0.317 e. The molecule has 120 valence electrons. The molecule has 2 N–H and O–H groups in total. The molecule has 1 aromatic rings. The number of likely N-dealkylation sites (tertiary alicyclic amines) is 1. The fourth-order valence-electron chi connectivity index (χ4n) is 2.32. The Morgan fingerprint density at radius 3 is 2.77 bits per heavy atom. The van der Waals surface area contributed by atoms with Crippen molar-refractivity contribution in [3.63, 3.8) is 0 Å². The second-order valence-electron chi connectivity index (χ2n) is 5.17. The topological polar surface area (TPSA) is 61.4 Å². The number of thioether (sulfide) groups is 1. The summed E-state index contributed by atoms with van der Waals surface area (Å²) in [5.74, 6) is 0.752. The number of nitrogens with one attached hydrogen (secondary N) is 2. The molecule has 2 rings (SSSR count). The summed E-state index contributed by atoms with van der Waals surface area (Å²) in [5, 5.41) is 6.47. The lowest BCUT2D eigenvalue weighted by Gasteiger charge is -2.17. The van der Waals surface area contributed by atoms with Crippen molar-refractivity contribution in [2.24, 2.45) is 0 Å². The van der Waals surface area contributed by atoms with Crippen LogP contribution in [0.3, 0.4) is 0 Å². The van der Waals surface area contributed by atoms with E-state index in [0.717, 1.165) is 22.1 Å². The van der Waals surface area contributed by atoms with Crippen molar-refractivity contribution in [1.82, 2.24) is 15.5 Å². The first-order valence-corrected chi connectivity index (χ1v) is 8.59. The van der Waals surface area contributed by atoms with Gasteiger partial charge >= 0.3 is 6.03 Å². The molecule has 0 aliphatic carbocycles. The van der Waals surface area contributed by atoms with E-state index in [9.17, 15) is 9.59 Å². The van der Waals surface area contributed by atoms with E-state index in [1.165, 1.54) is 6.92 Å². The smallest absolute Gasteiger partial charge is 0.317 e. The molecule has 0 saturated carbocycles. The molecule has 0 unspecified atom stereocenters. The Bertz CT molecular complexity index is 524. The minimum absolute atomic E-state index is 0.0494. The van der Waals surface area contributed by atoms with Crippen LogP contribution in [0.4, 0.5) is 4.79 Å². The summed E-state index contributed by atoms with van der Waals surface area (Å²) in [6.45, 7) is 3.36. The maximum atomic E-state index is 12.0. The minimum Gasteiger partial charge on any atom is -0.352 e. The fourth-order valence-corrected chi connectivity index (χ4v) is 3.21. The third-order valence-corrected chi connectivity index (χ3v) is 4.61. The maximum absolute atomic E-state index is 12.0. The van der Waals surface area contributed by atoms with Crippen molar-refractivity contribution in [2.75, 3.05) is 25.4 Å². The first-order chi connectivity index (χ1) is 10.5. The van der Waals surface area contributed by atoms with E-state index >= 15 is 0 Å². The number of carbonyl (C=O) groups is 2. The van der Waals surface area contributed by atoms with E-state index in [-0.39, 0.29) is 18.0 Å². The average molecular weight is 342 g/mol. The normalized spacial score (nSPS) is 17.4. The molecule has 1 heterocycles. The van der Waals surface area contributed by atoms with Crippen LogP contribution in [-0.2, 0) is 4.79 Å². The van der Waals surface area contributed by atoms with Gasteiger partial charge in [0.05, 0.1) is 0 Å². The van der Waals surface area contributed by atoms with Crippen LogP contribution < -0.4 is 10.6 Å². The third-order valence-electron chi connectivity index (χ3n) is 3.34. The van der Waals surface area contributed by atoms with Crippen molar-refractivity contribution < 1.29 is 9.59 Å². The SMILES string of the molecule is CC(=O)N[C@H]1CCN(C(=O)NCCSc2ccc(Cl)cc2)C1. The Labute approximate surface area is 139 Å². The number of urea groups is 1. The number of amides is 3. The molecule has 1 aliphatic rings. The zero-order valence-electron chi connectivity index (χ0n) is 12.5. The lowest BCUT2D eigenvalue weighted by Crippen LogP contribution is -2.42. The Hall–Kier alpha value is -1.40. The van der Waals surface area contributed by atoms with Crippen molar-refractivity contribution in [3.8, 4) is 0 Å². The lowest BCUT2D eigenvalue weighted by molar-refractivity contribution is -0.119. The molecular weight excluding hydrogens is 322 g/mol. The molecule has 3 amide bonds. The molecule has 5 nitrogen and oxygen atoms in total. The van der Waals surface area contributed by atoms with Crippen LogP contribution in [-0.4, -0.2) is 48.3 Å². The van der Waals surface area contributed by atoms with Crippen molar-refractivity contribution in [1.29, 1.82) is 0 Å². The van der Waals surface area contributed by atoms with E-state index in [1.54, 1.807) is 16.7 Å². The molecule has 1 saturated heterocycles. The third kappa shape index (κ3) is 5.42. The molecule has 0 aromatic heterocycles. The van der Waals surface area contributed by atoms with Crippen LogP contribution in [0.1, 0.15) is 13.3 Å². The average Bonchev–Trinajstić information content (AvgIpc) is 2.93. The summed E-state index contributed by atoms with van der Waals surface area (Å²) < 4.78 is 0. The number of benzene rings is 1. The monoisotopic (exact) mass is 341 g/mol. The number of nitrogens with zero attached hydrogens (tertiary/aromatic N) is 1.